The number of nitrogens with zero attached hydrogens (tertiary/aromatic N) is 2. The molecular weight excluding hydrogens is 491 g/mol. The van der Waals surface area contributed by atoms with E-state index in [1.54, 1.807) is 7.11 Å². The number of para-hydroxylation sites is 2. The number of fused-ring (bicyclic) bond motifs is 1. The van der Waals surface area contributed by atoms with E-state index in [1.807, 2.05) is 48.5 Å². The molecule has 3 N–H and O–H groups in total. The van der Waals surface area contributed by atoms with Crippen molar-refractivity contribution in [2.75, 3.05) is 35.6 Å². The fourth-order valence-electron chi connectivity index (χ4n) is 3.09. The molecule has 2 aromatic rings. The van der Waals surface area contributed by atoms with Crippen LogP contribution in [-0.4, -0.2) is 40.3 Å². The molecule has 0 unspecified atom stereocenters. The number of nitrogens with two attached hydrogens (primary N) is 1. The van der Waals surface area contributed by atoms with Crippen molar-refractivity contribution in [3.63, 3.8) is 0 Å². The number of guanidine groups is 1. The third kappa shape index (κ3) is 5.36. The smallest absolute Gasteiger partial charge is 0.237 e. The van der Waals surface area contributed by atoms with Crippen molar-refractivity contribution >= 4 is 51.3 Å². The molecule has 0 radical (unpaired) electrons. The van der Waals surface area contributed by atoms with E-state index in [0.717, 1.165) is 28.9 Å². The number of ether oxygens (including phenoxy) is 1. The maximum atomic E-state index is 12.7. The van der Waals surface area contributed by atoms with Gasteiger partial charge in [-0.1, -0.05) is 36.4 Å². The van der Waals surface area contributed by atoms with E-state index in [-0.39, 0.29) is 42.2 Å². The lowest BCUT2D eigenvalue weighted by atomic mass is 10.2. The van der Waals surface area contributed by atoms with Crippen molar-refractivity contribution in [1.82, 2.24) is 0 Å². The van der Waals surface area contributed by atoms with Gasteiger partial charge in [-0.05, 0) is 24.1 Å². The minimum atomic E-state index is -3.44. The number of hydrogen-bond acceptors (Lipinski definition) is 4. The summed E-state index contributed by atoms with van der Waals surface area (Å²) < 4.78 is 31.9. The molecule has 152 valence electrons. The van der Waals surface area contributed by atoms with Crippen LogP contribution in [0.3, 0.4) is 0 Å². The zero-order valence-corrected chi connectivity index (χ0v) is 18.8. The van der Waals surface area contributed by atoms with Crippen LogP contribution in [0.5, 0.6) is 0 Å². The quantitative estimate of drug-likeness (QED) is 0.335. The Morgan fingerprint density at radius 3 is 2.71 bits per heavy atom. The first-order valence-corrected chi connectivity index (χ1v) is 10.3. The van der Waals surface area contributed by atoms with Gasteiger partial charge in [-0.25, -0.2) is 8.42 Å². The average molecular weight is 516 g/mol. The largest absolute Gasteiger partial charge is 0.380 e. The molecule has 0 spiro atoms. The van der Waals surface area contributed by atoms with Gasteiger partial charge in [0, 0.05) is 24.9 Å². The molecular formula is C19H25IN4O3S. The fraction of sp³-hybridized carbons (Fsp3) is 0.316. The van der Waals surface area contributed by atoms with Gasteiger partial charge in [-0.3, -0.25) is 9.30 Å². The maximum Gasteiger partial charge on any atom is 0.237 e. The van der Waals surface area contributed by atoms with Crippen LogP contribution in [0.4, 0.5) is 11.4 Å². The number of nitrogens with one attached hydrogen (secondary N) is 1. The number of halogens is 1. The average Bonchev–Trinajstić information content (AvgIpc) is 3.08. The van der Waals surface area contributed by atoms with Crippen molar-refractivity contribution < 1.29 is 13.2 Å². The number of aliphatic imine (C=N–C) groups is 1. The summed E-state index contributed by atoms with van der Waals surface area (Å²) in [6.45, 7) is 1.01. The van der Waals surface area contributed by atoms with Crippen LogP contribution in [0.2, 0.25) is 0 Å². The van der Waals surface area contributed by atoms with Gasteiger partial charge in [-0.2, -0.15) is 0 Å². The normalized spacial score (nSPS) is 13.8. The lowest BCUT2D eigenvalue weighted by Gasteiger charge is -2.19. The Morgan fingerprint density at radius 2 is 1.93 bits per heavy atom. The topological polar surface area (TPSA) is 97.0 Å². The highest BCUT2D eigenvalue weighted by molar-refractivity contribution is 14.0. The van der Waals surface area contributed by atoms with E-state index >= 15 is 0 Å². The second-order valence-corrected chi connectivity index (χ2v) is 8.26. The zero-order chi connectivity index (χ0) is 19.3. The molecule has 28 heavy (non-hydrogen) atoms. The molecule has 7 nitrogen and oxygen atoms in total. The van der Waals surface area contributed by atoms with Crippen LogP contribution in [0.25, 0.3) is 0 Å². The highest BCUT2D eigenvalue weighted by Crippen LogP contribution is 2.29. The van der Waals surface area contributed by atoms with Crippen LogP contribution in [0.1, 0.15) is 11.1 Å². The number of methoxy groups -OCH3 is 1. The van der Waals surface area contributed by atoms with Gasteiger partial charge < -0.3 is 15.8 Å². The number of benzene rings is 2. The van der Waals surface area contributed by atoms with Gasteiger partial charge in [0.2, 0.25) is 10.0 Å². The molecule has 1 aliphatic heterocycles. The maximum absolute atomic E-state index is 12.7. The highest BCUT2D eigenvalue weighted by Gasteiger charge is 2.28. The molecule has 0 bridgehead atoms. The third-order valence-electron chi connectivity index (χ3n) is 4.39. The van der Waals surface area contributed by atoms with Gasteiger partial charge in [0.25, 0.3) is 0 Å². The monoisotopic (exact) mass is 516 g/mol. The Morgan fingerprint density at radius 1 is 1.21 bits per heavy atom. The Bertz CT molecular complexity index is 934. The van der Waals surface area contributed by atoms with Gasteiger partial charge in [0.1, 0.15) is 0 Å². The first-order valence-electron chi connectivity index (χ1n) is 8.73. The molecule has 1 heterocycles. The van der Waals surface area contributed by atoms with Gasteiger partial charge in [0.05, 0.1) is 24.6 Å². The lowest BCUT2D eigenvalue weighted by Crippen LogP contribution is -2.33. The molecule has 0 atom stereocenters. The Hall–Kier alpha value is -1.85. The van der Waals surface area contributed by atoms with E-state index in [9.17, 15) is 8.42 Å². The van der Waals surface area contributed by atoms with E-state index in [4.69, 9.17) is 10.5 Å². The molecule has 0 aromatic heterocycles. The van der Waals surface area contributed by atoms with Crippen molar-refractivity contribution in [3.8, 4) is 0 Å². The summed E-state index contributed by atoms with van der Waals surface area (Å²) in [5, 5.41) is 3.01. The molecule has 9 heteroatoms. The van der Waals surface area contributed by atoms with E-state index in [0.29, 0.717) is 13.2 Å². The van der Waals surface area contributed by atoms with E-state index in [2.05, 4.69) is 10.3 Å². The molecule has 1 aliphatic rings. The summed E-state index contributed by atoms with van der Waals surface area (Å²) in [4.78, 5) is 4.17. The Balaban J connectivity index is 0.00000280. The van der Waals surface area contributed by atoms with Gasteiger partial charge >= 0.3 is 0 Å². The molecule has 0 amide bonds. The van der Waals surface area contributed by atoms with E-state index < -0.39 is 10.0 Å². The molecule has 0 fully saturated rings. The summed E-state index contributed by atoms with van der Waals surface area (Å²) in [7, 11) is -1.82. The minimum Gasteiger partial charge on any atom is -0.380 e. The van der Waals surface area contributed by atoms with Crippen LogP contribution in [0, 0.1) is 0 Å². The lowest BCUT2D eigenvalue weighted by molar-refractivity contribution is 0.185. The molecule has 0 saturated heterocycles. The van der Waals surface area contributed by atoms with Crippen molar-refractivity contribution in [3.05, 3.63) is 59.7 Å². The van der Waals surface area contributed by atoms with Gasteiger partial charge in [-0.15, -0.1) is 24.0 Å². The summed E-state index contributed by atoms with van der Waals surface area (Å²) in [6.07, 6.45) is 0.735. The highest BCUT2D eigenvalue weighted by atomic mass is 127. The first-order chi connectivity index (χ1) is 13.0. The number of anilines is 2. The fourth-order valence-corrected chi connectivity index (χ4v) is 4.48. The van der Waals surface area contributed by atoms with Gasteiger partial charge in [0.15, 0.2) is 5.96 Å². The predicted octanol–water partition coefficient (Wildman–Crippen LogP) is 2.57. The zero-order valence-electron chi connectivity index (χ0n) is 15.7. The minimum absolute atomic E-state index is 0. The second kappa shape index (κ2) is 10.1. The first kappa shape index (κ1) is 22.4. The van der Waals surface area contributed by atoms with Crippen LogP contribution >= 0.6 is 24.0 Å². The molecule has 0 saturated carbocycles. The third-order valence-corrected chi connectivity index (χ3v) is 6.14. The summed E-state index contributed by atoms with van der Waals surface area (Å²) in [5.74, 6) is 0.0826. The van der Waals surface area contributed by atoms with Crippen LogP contribution in [-0.2, 0) is 27.8 Å². The van der Waals surface area contributed by atoms with Crippen molar-refractivity contribution in [1.29, 1.82) is 0 Å². The standard InChI is InChI=1S/C19H24N4O3S.HI/c1-26-14-16-7-2-4-8-17(16)22-19(20)21-11-13-27(24,25)23-12-10-15-6-3-5-9-18(15)23;/h2-9H,10-14H2,1H3,(H3,20,21,22);1H. The van der Waals surface area contributed by atoms with Crippen molar-refractivity contribution in [2.45, 2.75) is 13.0 Å². The molecule has 3 rings (SSSR count). The van der Waals surface area contributed by atoms with Crippen LogP contribution < -0.4 is 15.4 Å². The Labute approximate surface area is 183 Å². The SMILES string of the molecule is COCc1ccccc1NC(N)=NCCS(=O)(=O)N1CCc2ccccc21.I. The second-order valence-electron chi connectivity index (χ2n) is 6.25. The number of rotatable bonds is 7. The summed E-state index contributed by atoms with van der Waals surface area (Å²) in [5.41, 5.74) is 9.47. The summed E-state index contributed by atoms with van der Waals surface area (Å²) >= 11 is 0. The molecule has 2 aromatic carbocycles. The molecule has 0 aliphatic carbocycles. The predicted molar refractivity (Wildman–Crippen MR) is 124 cm³/mol. The van der Waals surface area contributed by atoms with Crippen molar-refractivity contribution in [2.24, 2.45) is 10.7 Å². The number of hydrogen-bond donors (Lipinski definition) is 2. The summed E-state index contributed by atoms with van der Waals surface area (Å²) in [6, 6.07) is 15.2. The number of sulfonamides is 1. The Kier molecular flexibility index (Phi) is 8.08. The van der Waals surface area contributed by atoms with E-state index in [1.165, 1.54) is 4.31 Å². The van der Waals surface area contributed by atoms with Crippen LogP contribution in [0.15, 0.2) is 53.5 Å².